The Morgan fingerprint density at radius 2 is 1.49 bits per heavy atom. The maximum absolute atomic E-state index is 14.5. The predicted octanol–water partition coefficient (Wildman–Crippen LogP) is 5.95. The van der Waals surface area contributed by atoms with Gasteiger partial charge in [-0.1, -0.05) is 60.7 Å². The smallest absolute Gasteiger partial charge is 0.294 e. The van der Waals surface area contributed by atoms with Crippen molar-refractivity contribution in [3.8, 4) is 5.75 Å². The van der Waals surface area contributed by atoms with Crippen LogP contribution in [0.4, 0.5) is 17.1 Å². The minimum atomic E-state index is -1.11. The molecule has 0 aromatic heterocycles. The van der Waals surface area contributed by atoms with Gasteiger partial charge in [-0.25, -0.2) is 4.90 Å². The van der Waals surface area contributed by atoms with E-state index in [0.717, 1.165) is 22.3 Å². The number of nitro benzene ring substituents is 1. The fourth-order valence-electron chi connectivity index (χ4n) is 7.06. The number of ether oxygens (including phenoxy) is 1. The highest BCUT2D eigenvalue weighted by Crippen LogP contribution is 2.63. The van der Waals surface area contributed by atoms with Crippen molar-refractivity contribution < 1.29 is 19.2 Å². The van der Waals surface area contributed by atoms with Crippen molar-refractivity contribution in [3.05, 3.63) is 129 Å². The van der Waals surface area contributed by atoms with E-state index in [1.54, 1.807) is 48.7 Å². The Labute approximate surface area is 236 Å². The van der Waals surface area contributed by atoms with Gasteiger partial charge in [0.1, 0.15) is 11.4 Å². The second-order valence-corrected chi connectivity index (χ2v) is 10.5. The van der Waals surface area contributed by atoms with Gasteiger partial charge in [0.15, 0.2) is 0 Å². The average Bonchev–Trinajstić information content (AvgIpc) is 3.27. The van der Waals surface area contributed by atoms with Crippen LogP contribution < -0.4 is 9.64 Å². The number of benzene rings is 4. The van der Waals surface area contributed by atoms with Crippen LogP contribution in [0.5, 0.6) is 5.75 Å². The number of carbonyl (C=O) groups excluding carboxylic acids is 2. The summed E-state index contributed by atoms with van der Waals surface area (Å²) in [7, 11) is 0. The maximum Gasteiger partial charge on any atom is 0.294 e. The average molecular weight is 544 g/mol. The number of para-hydroxylation sites is 2. The summed E-state index contributed by atoms with van der Waals surface area (Å²) in [6.07, 6.45) is 1.67. The first kappa shape index (κ1) is 24.9. The molecular formula is C33H25N3O5. The largest absolute Gasteiger partial charge is 0.494 e. The van der Waals surface area contributed by atoms with Gasteiger partial charge in [0.05, 0.1) is 34.5 Å². The molecule has 1 aliphatic heterocycles. The van der Waals surface area contributed by atoms with Crippen molar-refractivity contribution >= 4 is 35.1 Å². The Balaban J connectivity index is 1.46. The molecule has 0 unspecified atom stereocenters. The van der Waals surface area contributed by atoms with E-state index >= 15 is 0 Å². The minimum absolute atomic E-state index is 0.132. The van der Waals surface area contributed by atoms with Gasteiger partial charge in [-0.2, -0.15) is 0 Å². The number of nitro groups is 1. The Bertz CT molecular complexity index is 1720. The zero-order valence-electron chi connectivity index (χ0n) is 22.1. The Morgan fingerprint density at radius 3 is 2.12 bits per heavy atom. The Hall–Kier alpha value is -5.11. The van der Waals surface area contributed by atoms with Crippen molar-refractivity contribution in [3.63, 3.8) is 0 Å². The summed E-state index contributed by atoms with van der Waals surface area (Å²) >= 11 is 0. The molecule has 4 aromatic rings. The van der Waals surface area contributed by atoms with Gasteiger partial charge in [-0.15, -0.1) is 0 Å². The molecule has 202 valence electrons. The highest BCUT2D eigenvalue weighted by molar-refractivity contribution is 6.25. The Kier molecular flexibility index (Phi) is 5.61. The van der Waals surface area contributed by atoms with Crippen molar-refractivity contribution in [1.82, 2.24) is 0 Å². The summed E-state index contributed by atoms with van der Waals surface area (Å²) in [5, 5.41) is 11.8. The fourth-order valence-corrected chi connectivity index (χ4v) is 7.06. The van der Waals surface area contributed by atoms with Crippen LogP contribution in [0.2, 0.25) is 0 Å². The number of anilines is 1. The van der Waals surface area contributed by atoms with Gasteiger partial charge in [0.25, 0.3) is 5.69 Å². The van der Waals surface area contributed by atoms with Crippen LogP contribution in [0.3, 0.4) is 0 Å². The normalized spacial score (nSPS) is 23.8. The summed E-state index contributed by atoms with van der Waals surface area (Å²) in [5.41, 5.74) is 3.15. The van der Waals surface area contributed by atoms with E-state index in [-0.39, 0.29) is 29.1 Å². The van der Waals surface area contributed by atoms with Gasteiger partial charge < -0.3 is 4.74 Å². The van der Waals surface area contributed by atoms with Crippen LogP contribution in [-0.2, 0) is 15.0 Å². The molecule has 4 aliphatic rings. The lowest BCUT2D eigenvalue weighted by Crippen LogP contribution is -2.54. The summed E-state index contributed by atoms with van der Waals surface area (Å²) in [6, 6.07) is 29.0. The molecule has 4 aromatic carbocycles. The lowest BCUT2D eigenvalue weighted by molar-refractivity contribution is -0.384. The lowest BCUT2D eigenvalue weighted by atomic mass is 9.47. The molecule has 2 amide bonds. The minimum Gasteiger partial charge on any atom is -0.494 e. The summed E-state index contributed by atoms with van der Waals surface area (Å²) in [5.74, 6) is -1.66. The van der Waals surface area contributed by atoms with Crippen molar-refractivity contribution in [2.45, 2.75) is 18.3 Å². The topological polar surface area (TPSA) is 102 Å². The number of hydrogen-bond acceptors (Lipinski definition) is 6. The molecule has 0 spiro atoms. The van der Waals surface area contributed by atoms with E-state index in [2.05, 4.69) is 0 Å². The standard InChI is InChI=1S/C33H25N3O5/c1-2-41-21-17-15-20(16-18-21)35-31(37)29-28-22-9-3-5-11-24(22)33(30(29)32(35)38,25-12-6-4-10-23(25)28)19-34-26-13-7-8-14-27(26)36(39)40/h3-19,28-30H,2H2,1H3/t28?,29-,30-,33?/m0/s1. The number of rotatable bonds is 6. The van der Waals surface area contributed by atoms with Crippen LogP contribution in [0.15, 0.2) is 102 Å². The highest BCUT2D eigenvalue weighted by Gasteiger charge is 2.68. The van der Waals surface area contributed by atoms with Crippen molar-refractivity contribution in [1.29, 1.82) is 0 Å². The number of nitrogens with zero attached hydrogens (tertiary/aromatic N) is 3. The zero-order valence-corrected chi connectivity index (χ0v) is 22.1. The van der Waals surface area contributed by atoms with Crippen LogP contribution >= 0.6 is 0 Å². The van der Waals surface area contributed by atoms with E-state index in [1.807, 2.05) is 55.5 Å². The second-order valence-electron chi connectivity index (χ2n) is 10.5. The van der Waals surface area contributed by atoms with Gasteiger partial charge in [-0.3, -0.25) is 24.7 Å². The molecule has 1 fully saturated rings. The summed E-state index contributed by atoms with van der Waals surface area (Å²) in [6.45, 7) is 2.40. The molecule has 1 saturated heterocycles. The first-order valence-corrected chi connectivity index (χ1v) is 13.6. The first-order chi connectivity index (χ1) is 20.0. The predicted molar refractivity (Wildman–Crippen MR) is 154 cm³/mol. The quantitative estimate of drug-likeness (QED) is 0.130. The van der Waals surface area contributed by atoms with Crippen molar-refractivity contribution in [2.24, 2.45) is 16.8 Å². The lowest BCUT2D eigenvalue weighted by Gasteiger charge is -2.52. The number of amides is 2. The molecular weight excluding hydrogens is 518 g/mol. The molecule has 2 bridgehead atoms. The first-order valence-electron chi connectivity index (χ1n) is 13.6. The van der Waals surface area contributed by atoms with E-state index in [1.165, 1.54) is 11.0 Å². The van der Waals surface area contributed by atoms with Gasteiger partial charge in [0, 0.05) is 18.2 Å². The van der Waals surface area contributed by atoms with Gasteiger partial charge in [0.2, 0.25) is 11.8 Å². The van der Waals surface area contributed by atoms with Crippen LogP contribution in [0, 0.1) is 22.0 Å². The third-order valence-corrected chi connectivity index (χ3v) is 8.58. The maximum atomic E-state index is 14.5. The number of aliphatic imine (C=N–C) groups is 1. The highest BCUT2D eigenvalue weighted by atomic mass is 16.6. The third kappa shape index (κ3) is 3.43. The SMILES string of the molecule is CCOc1ccc(N2C(=O)[C@@H]3[C@@H](C2=O)C2c4ccccc4C3(C=Nc3ccccc3[N+](=O)[O-])c3ccccc32)cc1. The van der Waals surface area contributed by atoms with Crippen LogP contribution in [-0.4, -0.2) is 29.6 Å². The van der Waals surface area contributed by atoms with Crippen molar-refractivity contribution in [2.75, 3.05) is 11.5 Å². The molecule has 8 heteroatoms. The van der Waals surface area contributed by atoms with E-state index in [9.17, 15) is 19.7 Å². The second kappa shape index (κ2) is 9.23. The fraction of sp³-hybridized carbons (Fsp3) is 0.182. The third-order valence-electron chi connectivity index (χ3n) is 8.58. The molecule has 3 aliphatic carbocycles. The Morgan fingerprint density at radius 1 is 0.878 bits per heavy atom. The molecule has 2 atom stereocenters. The monoisotopic (exact) mass is 543 g/mol. The summed E-state index contributed by atoms with van der Waals surface area (Å²) in [4.78, 5) is 46.1. The molecule has 8 nitrogen and oxygen atoms in total. The van der Waals surface area contributed by atoms with E-state index in [4.69, 9.17) is 9.73 Å². The van der Waals surface area contributed by atoms with Crippen LogP contribution in [0.25, 0.3) is 0 Å². The molecule has 0 N–H and O–H groups in total. The van der Waals surface area contributed by atoms with Gasteiger partial charge in [-0.05, 0) is 59.5 Å². The number of carbonyl (C=O) groups is 2. The van der Waals surface area contributed by atoms with E-state index in [0.29, 0.717) is 18.0 Å². The molecule has 0 radical (unpaired) electrons. The molecule has 1 heterocycles. The van der Waals surface area contributed by atoms with Crippen LogP contribution in [0.1, 0.15) is 35.1 Å². The molecule has 8 rings (SSSR count). The summed E-state index contributed by atoms with van der Waals surface area (Å²) < 4.78 is 5.56. The zero-order chi connectivity index (χ0) is 28.3. The molecule has 0 saturated carbocycles. The number of imide groups is 1. The molecule has 41 heavy (non-hydrogen) atoms. The number of hydrogen-bond donors (Lipinski definition) is 0. The van der Waals surface area contributed by atoms with Gasteiger partial charge >= 0.3 is 0 Å². The van der Waals surface area contributed by atoms with E-state index < -0.39 is 22.2 Å².